The fraction of sp³-hybridized carbons (Fsp3) is 0.636. The first kappa shape index (κ1) is 14.9. The van der Waals surface area contributed by atoms with Crippen molar-refractivity contribution in [3.63, 3.8) is 0 Å². The lowest BCUT2D eigenvalue weighted by Gasteiger charge is -2.13. The number of carbonyl (C=O) groups excluding carboxylic acids is 1. The van der Waals surface area contributed by atoms with E-state index in [0.717, 1.165) is 16.3 Å². The Morgan fingerprint density at radius 3 is 2.44 bits per heavy atom. The van der Waals surface area contributed by atoms with Gasteiger partial charge in [-0.25, -0.2) is 9.78 Å². The van der Waals surface area contributed by atoms with Crippen molar-refractivity contribution in [2.75, 3.05) is 6.61 Å². The molecule has 7 heteroatoms. The highest BCUT2D eigenvalue weighted by atomic mass is 32.1. The van der Waals surface area contributed by atoms with Crippen LogP contribution in [0.5, 0.6) is 0 Å². The number of alkyl halides is 3. The number of rotatable bonds is 3. The van der Waals surface area contributed by atoms with E-state index in [0.29, 0.717) is 0 Å². The summed E-state index contributed by atoms with van der Waals surface area (Å²) in [6.45, 7) is 5.14. The zero-order valence-electron chi connectivity index (χ0n) is 10.3. The Morgan fingerprint density at radius 2 is 2.00 bits per heavy atom. The Morgan fingerprint density at radius 1 is 1.39 bits per heavy atom. The van der Waals surface area contributed by atoms with Crippen LogP contribution in [0.15, 0.2) is 6.20 Å². The number of nitrogens with zero attached hydrogens (tertiary/aromatic N) is 1. The molecular formula is C11H14F3NO2S. The molecule has 0 spiro atoms. The Balaban J connectivity index is 2.55. The standard InChI is InChI=1S/C11H14F3NO2S/c1-10(2,3)9-15-6-7(18-9)8(16)17-5-4-11(12,13)14/h6H,4-5H2,1-3H3. The van der Waals surface area contributed by atoms with Gasteiger partial charge in [0.25, 0.3) is 0 Å². The van der Waals surface area contributed by atoms with Gasteiger partial charge in [0.2, 0.25) is 0 Å². The molecule has 0 aliphatic carbocycles. The zero-order valence-corrected chi connectivity index (χ0v) is 11.1. The van der Waals surface area contributed by atoms with Gasteiger partial charge in [0, 0.05) is 5.41 Å². The fourth-order valence-corrected chi connectivity index (χ4v) is 1.91. The van der Waals surface area contributed by atoms with Crippen molar-refractivity contribution in [3.8, 4) is 0 Å². The summed E-state index contributed by atoms with van der Waals surface area (Å²) in [5, 5.41) is 0.741. The Labute approximate surface area is 107 Å². The smallest absolute Gasteiger partial charge is 0.392 e. The molecule has 0 saturated carbocycles. The lowest BCUT2D eigenvalue weighted by atomic mass is 9.98. The average molecular weight is 281 g/mol. The van der Waals surface area contributed by atoms with Gasteiger partial charge in [0.15, 0.2) is 0 Å². The fourth-order valence-electron chi connectivity index (χ4n) is 1.05. The van der Waals surface area contributed by atoms with Crippen molar-refractivity contribution >= 4 is 17.3 Å². The molecule has 0 saturated heterocycles. The highest BCUT2D eigenvalue weighted by Crippen LogP contribution is 2.27. The topological polar surface area (TPSA) is 39.2 Å². The molecule has 1 rings (SSSR count). The number of esters is 1. The molecule has 1 heterocycles. The molecule has 1 aromatic rings. The number of hydrogen-bond donors (Lipinski definition) is 0. The summed E-state index contributed by atoms with van der Waals surface area (Å²) in [7, 11) is 0. The maximum Gasteiger partial charge on any atom is 0.392 e. The molecule has 0 atom stereocenters. The average Bonchev–Trinajstić information content (AvgIpc) is 2.62. The van der Waals surface area contributed by atoms with E-state index in [1.807, 2.05) is 20.8 Å². The SMILES string of the molecule is CC(C)(C)c1ncc(C(=O)OCCC(F)(F)F)s1. The first-order chi connectivity index (χ1) is 8.09. The first-order valence-electron chi connectivity index (χ1n) is 5.30. The minimum atomic E-state index is -4.31. The normalized spacial score (nSPS) is 12.6. The van der Waals surface area contributed by atoms with Crippen LogP contribution in [0, 0.1) is 0 Å². The predicted octanol–water partition coefficient (Wildman–Crippen LogP) is 3.55. The van der Waals surface area contributed by atoms with Gasteiger partial charge in [0.1, 0.15) is 11.5 Å². The second-order valence-electron chi connectivity index (χ2n) is 4.78. The van der Waals surface area contributed by atoms with Crippen molar-refractivity contribution in [2.45, 2.75) is 38.8 Å². The van der Waals surface area contributed by atoms with E-state index in [4.69, 9.17) is 0 Å². The molecule has 102 valence electrons. The molecule has 1 aromatic heterocycles. The van der Waals surface area contributed by atoms with Crippen LogP contribution >= 0.6 is 11.3 Å². The molecule has 0 bridgehead atoms. The van der Waals surface area contributed by atoms with E-state index in [2.05, 4.69) is 9.72 Å². The molecule has 18 heavy (non-hydrogen) atoms. The van der Waals surface area contributed by atoms with Crippen molar-refractivity contribution < 1.29 is 22.7 Å². The molecule has 0 radical (unpaired) electrons. The second kappa shape index (κ2) is 5.26. The van der Waals surface area contributed by atoms with Crippen LogP contribution in [0.25, 0.3) is 0 Å². The van der Waals surface area contributed by atoms with Crippen LogP contribution in [0.2, 0.25) is 0 Å². The van der Waals surface area contributed by atoms with Gasteiger partial charge in [-0.05, 0) is 0 Å². The monoisotopic (exact) mass is 281 g/mol. The summed E-state index contributed by atoms with van der Waals surface area (Å²) < 4.78 is 40.1. The number of thiazole rings is 1. The maximum absolute atomic E-state index is 11.9. The lowest BCUT2D eigenvalue weighted by Crippen LogP contribution is -2.14. The van der Waals surface area contributed by atoms with E-state index in [1.165, 1.54) is 6.20 Å². The van der Waals surface area contributed by atoms with E-state index < -0.39 is 25.2 Å². The molecule has 3 nitrogen and oxygen atoms in total. The van der Waals surface area contributed by atoms with Gasteiger partial charge in [0.05, 0.1) is 17.6 Å². The van der Waals surface area contributed by atoms with Gasteiger partial charge >= 0.3 is 12.1 Å². The van der Waals surface area contributed by atoms with Crippen LogP contribution < -0.4 is 0 Å². The summed E-state index contributed by atoms with van der Waals surface area (Å²) in [5.74, 6) is -0.757. The molecule has 0 aliphatic heterocycles. The van der Waals surface area contributed by atoms with E-state index in [9.17, 15) is 18.0 Å². The second-order valence-corrected chi connectivity index (χ2v) is 5.81. The van der Waals surface area contributed by atoms with E-state index >= 15 is 0 Å². The quantitative estimate of drug-likeness (QED) is 0.795. The van der Waals surface area contributed by atoms with Crippen molar-refractivity contribution in [1.29, 1.82) is 0 Å². The summed E-state index contributed by atoms with van der Waals surface area (Å²) in [5.41, 5.74) is -0.199. The van der Waals surface area contributed by atoms with Gasteiger partial charge in [-0.1, -0.05) is 20.8 Å². The Bertz CT molecular complexity index is 421. The third-order valence-electron chi connectivity index (χ3n) is 1.97. The minimum Gasteiger partial charge on any atom is -0.461 e. The van der Waals surface area contributed by atoms with Gasteiger partial charge in [-0.2, -0.15) is 13.2 Å². The van der Waals surface area contributed by atoms with Crippen LogP contribution in [0.3, 0.4) is 0 Å². The summed E-state index contributed by atoms with van der Waals surface area (Å²) in [6.07, 6.45) is -4.12. The number of carbonyl (C=O) groups is 1. The summed E-state index contributed by atoms with van der Waals surface area (Å²) >= 11 is 1.14. The van der Waals surface area contributed by atoms with E-state index in [-0.39, 0.29) is 10.3 Å². The molecular weight excluding hydrogens is 267 g/mol. The third kappa shape index (κ3) is 4.64. The van der Waals surface area contributed by atoms with Crippen LogP contribution in [0.4, 0.5) is 13.2 Å². The maximum atomic E-state index is 11.9. The number of aromatic nitrogens is 1. The number of ether oxygens (including phenoxy) is 1. The zero-order chi connectivity index (χ0) is 14.0. The van der Waals surface area contributed by atoms with Crippen molar-refractivity contribution in [2.24, 2.45) is 0 Å². The largest absolute Gasteiger partial charge is 0.461 e. The Kier molecular flexibility index (Phi) is 4.37. The van der Waals surface area contributed by atoms with Crippen LogP contribution in [-0.2, 0) is 10.2 Å². The van der Waals surface area contributed by atoms with Crippen molar-refractivity contribution in [1.82, 2.24) is 4.98 Å². The molecule has 0 aliphatic rings. The third-order valence-corrected chi connectivity index (χ3v) is 3.37. The molecule has 0 fully saturated rings. The molecule has 0 amide bonds. The summed E-state index contributed by atoms with van der Waals surface area (Å²) in [4.78, 5) is 15.7. The number of halogens is 3. The molecule has 0 unspecified atom stereocenters. The lowest BCUT2D eigenvalue weighted by molar-refractivity contribution is -0.141. The highest BCUT2D eigenvalue weighted by molar-refractivity contribution is 7.13. The van der Waals surface area contributed by atoms with Crippen LogP contribution in [-0.4, -0.2) is 23.7 Å². The molecule has 0 aromatic carbocycles. The Hall–Kier alpha value is -1.11. The van der Waals surface area contributed by atoms with Gasteiger partial charge in [-0.3, -0.25) is 0 Å². The minimum absolute atomic E-state index is 0.199. The van der Waals surface area contributed by atoms with Crippen LogP contribution in [0.1, 0.15) is 41.9 Å². The highest BCUT2D eigenvalue weighted by Gasteiger charge is 2.28. The van der Waals surface area contributed by atoms with Gasteiger partial charge in [-0.15, -0.1) is 11.3 Å². The number of hydrogen-bond acceptors (Lipinski definition) is 4. The van der Waals surface area contributed by atoms with Crippen molar-refractivity contribution in [3.05, 3.63) is 16.1 Å². The molecule has 0 N–H and O–H groups in total. The predicted molar refractivity (Wildman–Crippen MR) is 61.8 cm³/mol. The summed E-state index contributed by atoms with van der Waals surface area (Å²) in [6, 6.07) is 0. The van der Waals surface area contributed by atoms with E-state index in [1.54, 1.807) is 0 Å². The van der Waals surface area contributed by atoms with Gasteiger partial charge < -0.3 is 4.74 Å². The first-order valence-corrected chi connectivity index (χ1v) is 6.11.